The first-order valence-corrected chi connectivity index (χ1v) is 23.9. The second-order valence-electron chi connectivity index (χ2n) is 15.3. The quantitative estimate of drug-likeness (QED) is 0.0201. The molecule has 60 heavy (non-hydrogen) atoms. The van der Waals surface area contributed by atoms with Gasteiger partial charge >= 0.3 is 17.9 Å². The Hall–Kier alpha value is -3.93. The van der Waals surface area contributed by atoms with E-state index >= 15 is 0 Å². The van der Waals surface area contributed by atoms with Gasteiger partial charge in [-0.3, -0.25) is 14.4 Å². The fourth-order valence-electron chi connectivity index (χ4n) is 6.00. The topological polar surface area (TPSA) is 78.9 Å². The molecule has 0 aromatic carbocycles. The Morgan fingerprint density at radius 2 is 0.733 bits per heavy atom. The first-order valence-electron chi connectivity index (χ1n) is 23.9. The second-order valence-corrected chi connectivity index (χ2v) is 15.3. The van der Waals surface area contributed by atoms with Crippen LogP contribution in [0.4, 0.5) is 0 Å². The van der Waals surface area contributed by atoms with E-state index in [0.717, 1.165) is 122 Å². The van der Waals surface area contributed by atoms with E-state index in [9.17, 15) is 14.4 Å². The number of carbonyl (C=O) groups excluding carboxylic acids is 3. The lowest BCUT2D eigenvalue weighted by Gasteiger charge is -2.18. The van der Waals surface area contributed by atoms with Crippen molar-refractivity contribution in [2.75, 3.05) is 13.2 Å². The Morgan fingerprint density at radius 3 is 1.23 bits per heavy atom. The molecular formula is C54H86O6. The molecule has 0 heterocycles. The van der Waals surface area contributed by atoms with Crippen LogP contribution in [0, 0.1) is 0 Å². The Balaban J connectivity index is 4.50. The van der Waals surface area contributed by atoms with Gasteiger partial charge in [0.2, 0.25) is 0 Å². The average molecular weight is 831 g/mol. The molecule has 0 bridgehead atoms. The fraction of sp³-hybridized carbons (Fsp3) is 0.611. The molecule has 0 amide bonds. The standard InChI is InChI=1S/C54H86O6/c1-4-7-10-13-16-19-22-24-26-28-29-32-35-38-41-44-47-53(56)59-50-51(49-58-52(55)46-43-40-37-34-31-21-18-15-12-9-6-3)60-54(57)48-45-42-39-36-33-30-27-25-23-20-17-14-11-8-5-2/h7-8,10-11,14-21,23-24,26,29,31-32,51H,4-6,9,12-13,22,25,27-28,30,33-50H2,1-3H3/b10-7-,11-8-,17-14-,18-15-,19-16-,23-20-,26-24-,31-21-,32-29-. The van der Waals surface area contributed by atoms with Gasteiger partial charge in [-0.1, -0.05) is 188 Å². The molecule has 1 unspecified atom stereocenters. The fourth-order valence-corrected chi connectivity index (χ4v) is 6.00. The zero-order valence-corrected chi connectivity index (χ0v) is 38.4. The van der Waals surface area contributed by atoms with E-state index in [-0.39, 0.29) is 31.1 Å². The molecule has 0 aliphatic heterocycles. The average Bonchev–Trinajstić information content (AvgIpc) is 3.24. The minimum Gasteiger partial charge on any atom is -0.462 e. The highest BCUT2D eigenvalue weighted by molar-refractivity contribution is 5.71. The van der Waals surface area contributed by atoms with Gasteiger partial charge in [0.05, 0.1) is 0 Å². The van der Waals surface area contributed by atoms with E-state index in [1.807, 2.05) is 0 Å². The lowest BCUT2D eigenvalue weighted by molar-refractivity contribution is -0.167. The molecule has 338 valence electrons. The largest absolute Gasteiger partial charge is 0.462 e. The van der Waals surface area contributed by atoms with Crippen molar-refractivity contribution >= 4 is 17.9 Å². The molecule has 0 aliphatic carbocycles. The smallest absolute Gasteiger partial charge is 0.306 e. The molecule has 0 aromatic heterocycles. The minimum atomic E-state index is -0.809. The van der Waals surface area contributed by atoms with Crippen LogP contribution in [0.15, 0.2) is 109 Å². The van der Waals surface area contributed by atoms with Crippen molar-refractivity contribution < 1.29 is 28.6 Å². The predicted octanol–water partition coefficient (Wildman–Crippen LogP) is 15.6. The third-order valence-corrected chi connectivity index (χ3v) is 9.58. The number of allylic oxidation sites excluding steroid dienone is 18. The van der Waals surface area contributed by atoms with E-state index in [1.54, 1.807) is 0 Å². The molecule has 0 rings (SSSR count). The number of esters is 3. The van der Waals surface area contributed by atoms with E-state index in [4.69, 9.17) is 14.2 Å². The summed E-state index contributed by atoms with van der Waals surface area (Å²) in [6.45, 7) is 6.25. The SMILES string of the molecule is CC\C=C/C=C\C=C/CCCCCCCCCC(=O)OC(COC(=O)CCCCC/C=C\C=C/CCCC)COC(=O)CCCCC/C=C\C/C=C\C/C=C\C/C=C\CC. The predicted molar refractivity (Wildman–Crippen MR) is 256 cm³/mol. The van der Waals surface area contributed by atoms with Gasteiger partial charge in [0.1, 0.15) is 13.2 Å². The molecule has 0 fully saturated rings. The van der Waals surface area contributed by atoms with E-state index < -0.39 is 6.10 Å². The summed E-state index contributed by atoms with van der Waals surface area (Å²) in [5.74, 6) is -0.989. The van der Waals surface area contributed by atoms with Crippen molar-refractivity contribution in [3.05, 3.63) is 109 Å². The molecule has 0 aliphatic rings. The third kappa shape index (κ3) is 45.2. The highest BCUT2D eigenvalue weighted by Crippen LogP contribution is 2.13. The van der Waals surface area contributed by atoms with Crippen LogP contribution in [0.3, 0.4) is 0 Å². The zero-order valence-electron chi connectivity index (χ0n) is 38.4. The Labute approximate surface area is 368 Å². The number of rotatable bonds is 41. The minimum absolute atomic E-state index is 0.110. The van der Waals surface area contributed by atoms with Gasteiger partial charge in [-0.15, -0.1) is 0 Å². The number of ether oxygens (including phenoxy) is 3. The van der Waals surface area contributed by atoms with Crippen LogP contribution >= 0.6 is 0 Å². The van der Waals surface area contributed by atoms with Crippen molar-refractivity contribution in [2.24, 2.45) is 0 Å². The molecule has 0 N–H and O–H groups in total. The van der Waals surface area contributed by atoms with Crippen molar-refractivity contribution in [1.82, 2.24) is 0 Å². The number of carbonyl (C=O) groups is 3. The summed E-state index contributed by atoms with van der Waals surface area (Å²) in [6.07, 6.45) is 63.5. The maximum atomic E-state index is 12.8. The summed E-state index contributed by atoms with van der Waals surface area (Å²) in [5, 5.41) is 0. The van der Waals surface area contributed by atoms with Gasteiger partial charge in [-0.2, -0.15) is 0 Å². The third-order valence-electron chi connectivity index (χ3n) is 9.58. The van der Waals surface area contributed by atoms with Crippen LogP contribution in [0.25, 0.3) is 0 Å². The lowest BCUT2D eigenvalue weighted by atomic mass is 10.1. The van der Waals surface area contributed by atoms with E-state index in [0.29, 0.717) is 19.3 Å². The lowest BCUT2D eigenvalue weighted by Crippen LogP contribution is -2.30. The summed E-state index contributed by atoms with van der Waals surface area (Å²) in [4.78, 5) is 37.8. The molecule has 0 radical (unpaired) electrons. The molecule has 6 heteroatoms. The maximum Gasteiger partial charge on any atom is 0.306 e. The molecule has 0 saturated heterocycles. The summed E-state index contributed by atoms with van der Waals surface area (Å²) in [6, 6.07) is 0. The summed E-state index contributed by atoms with van der Waals surface area (Å²) in [5.41, 5.74) is 0. The van der Waals surface area contributed by atoms with Crippen LogP contribution in [0.1, 0.15) is 194 Å². The first-order chi connectivity index (χ1) is 29.5. The first kappa shape index (κ1) is 56.1. The number of unbranched alkanes of at least 4 members (excludes halogenated alkanes) is 15. The van der Waals surface area contributed by atoms with Crippen LogP contribution in [0.5, 0.6) is 0 Å². The van der Waals surface area contributed by atoms with Crippen molar-refractivity contribution in [2.45, 2.75) is 200 Å². The van der Waals surface area contributed by atoms with Gasteiger partial charge in [-0.05, 0) is 96.3 Å². The Kier molecular flexibility index (Phi) is 44.6. The second kappa shape index (κ2) is 47.7. The Morgan fingerprint density at radius 1 is 0.367 bits per heavy atom. The normalized spacial score (nSPS) is 13.1. The summed E-state index contributed by atoms with van der Waals surface area (Å²) >= 11 is 0. The number of hydrogen-bond acceptors (Lipinski definition) is 6. The van der Waals surface area contributed by atoms with Gasteiger partial charge in [0.25, 0.3) is 0 Å². The van der Waals surface area contributed by atoms with Gasteiger partial charge in [-0.25, -0.2) is 0 Å². The van der Waals surface area contributed by atoms with Crippen LogP contribution < -0.4 is 0 Å². The highest BCUT2D eigenvalue weighted by atomic mass is 16.6. The molecule has 0 aromatic rings. The van der Waals surface area contributed by atoms with Gasteiger partial charge in [0, 0.05) is 19.3 Å². The summed E-state index contributed by atoms with van der Waals surface area (Å²) < 4.78 is 16.7. The maximum absolute atomic E-state index is 12.8. The van der Waals surface area contributed by atoms with Crippen LogP contribution in [-0.4, -0.2) is 37.2 Å². The summed E-state index contributed by atoms with van der Waals surface area (Å²) in [7, 11) is 0. The van der Waals surface area contributed by atoms with E-state index in [2.05, 4.69) is 130 Å². The van der Waals surface area contributed by atoms with Crippen LogP contribution in [-0.2, 0) is 28.6 Å². The molecule has 1 atom stereocenters. The molecule has 0 spiro atoms. The monoisotopic (exact) mass is 831 g/mol. The molecule has 0 saturated carbocycles. The van der Waals surface area contributed by atoms with Gasteiger partial charge in [0.15, 0.2) is 6.10 Å². The van der Waals surface area contributed by atoms with Crippen molar-refractivity contribution in [1.29, 1.82) is 0 Å². The molecule has 6 nitrogen and oxygen atoms in total. The molecular weight excluding hydrogens is 745 g/mol. The van der Waals surface area contributed by atoms with E-state index in [1.165, 1.54) is 32.1 Å². The highest BCUT2D eigenvalue weighted by Gasteiger charge is 2.19. The van der Waals surface area contributed by atoms with Crippen molar-refractivity contribution in [3.8, 4) is 0 Å². The number of hydrogen-bond donors (Lipinski definition) is 0. The zero-order chi connectivity index (χ0) is 43.7. The van der Waals surface area contributed by atoms with Gasteiger partial charge < -0.3 is 14.2 Å². The van der Waals surface area contributed by atoms with Crippen molar-refractivity contribution in [3.63, 3.8) is 0 Å². The Bertz CT molecular complexity index is 1280. The van der Waals surface area contributed by atoms with Crippen LogP contribution in [0.2, 0.25) is 0 Å².